The summed E-state index contributed by atoms with van der Waals surface area (Å²) in [5.74, 6) is -0.622. The van der Waals surface area contributed by atoms with Gasteiger partial charge in [-0.1, -0.05) is 30.3 Å². The number of ether oxygens (including phenoxy) is 1. The summed E-state index contributed by atoms with van der Waals surface area (Å²) < 4.78 is 5.61. The summed E-state index contributed by atoms with van der Waals surface area (Å²) in [5.41, 5.74) is 2.42. The van der Waals surface area contributed by atoms with Gasteiger partial charge in [0.25, 0.3) is 11.8 Å². The molecule has 0 aliphatic carbocycles. The molecule has 1 aliphatic heterocycles. The highest BCUT2D eigenvalue weighted by molar-refractivity contribution is 5.98. The highest BCUT2D eigenvalue weighted by Crippen LogP contribution is 2.12. The number of amides is 3. The standard InChI is InChI=1S/C24H30N4O5/c1-25-23(30)21-15-18(14-19(27-21)10-9-17-6-3-2-4-7-17)22(29)26-11-5-8-20-16-28(24(31)32)12-13-33-20/h2-4,6-7,14-15,20H,5,8-13,16H2,1H3,(H,25,30)(H,26,29)(H,31,32). The predicted molar refractivity (Wildman–Crippen MR) is 122 cm³/mol. The Morgan fingerprint density at radius 3 is 2.67 bits per heavy atom. The van der Waals surface area contributed by atoms with Gasteiger partial charge in [-0.25, -0.2) is 9.78 Å². The van der Waals surface area contributed by atoms with Gasteiger partial charge < -0.3 is 25.4 Å². The highest BCUT2D eigenvalue weighted by atomic mass is 16.5. The van der Waals surface area contributed by atoms with E-state index in [2.05, 4.69) is 15.6 Å². The van der Waals surface area contributed by atoms with Crippen molar-refractivity contribution in [3.05, 3.63) is 65.0 Å². The van der Waals surface area contributed by atoms with Gasteiger partial charge in [-0.15, -0.1) is 0 Å². The zero-order valence-corrected chi connectivity index (χ0v) is 18.8. The third kappa shape index (κ3) is 7.28. The quantitative estimate of drug-likeness (QED) is 0.499. The second-order valence-corrected chi connectivity index (χ2v) is 7.92. The molecule has 9 heteroatoms. The molecular weight excluding hydrogens is 424 g/mol. The van der Waals surface area contributed by atoms with E-state index in [1.165, 1.54) is 18.0 Å². The number of hydrogen-bond donors (Lipinski definition) is 3. The summed E-state index contributed by atoms with van der Waals surface area (Å²) >= 11 is 0. The van der Waals surface area contributed by atoms with Gasteiger partial charge in [0, 0.05) is 31.4 Å². The second-order valence-electron chi connectivity index (χ2n) is 7.92. The number of carbonyl (C=O) groups excluding carboxylic acids is 2. The van der Waals surface area contributed by atoms with E-state index in [9.17, 15) is 14.4 Å². The Balaban J connectivity index is 1.56. The first kappa shape index (κ1) is 24.2. The molecule has 9 nitrogen and oxygen atoms in total. The van der Waals surface area contributed by atoms with Crippen LogP contribution in [0.3, 0.4) is 0 Å². The number of morpholine rings is 1. The summed E-state index contributed by atoms with van der Waals surface area (Å²) in [6.07, 6.45) is 1.54. The molecule has 2 heterocycles. The summed E-state index contributed by atoms with van der Waals surface area (Å²) in [6, 6.07) is 13.2. The molecule has 1 saturated heterocycles. The van der Waals surface area contributed by atoms with E-state index in [-0.39, 0.29) is 23.6 Å². The van der Waals surface area contributed by atoms with E-state index in [1.54, 1.807) is 6.07 Å². The van der Waals surface area contributed by atoms with Crippen LogP contribution < -0.4 is 10.6 Å². The summed E-state index contributed by atoms with van der Waals surface area (Å²) in [5, 5.41) is 14.5. The molecular formula is C24H30N4O5. The van der Waals surface area contributed by atoms with Crippen molar-refractivity contribution in [1.82, 2.24) is 20.5 Å². The summed E-state index contributed by atoms with van der Waals surface area (Å²) in [6.45, 7) is 1.52. The van der Waals surface area contributed by atoms with Crippen LogP contribution in [0.1, 0.15) is 44.9 Å². The van der Waals surface area contributed by atoms with Crippen LogP contribution in [0, 0.1) is 0 Å². The van der Waals surface area contributed by atoms with Crippen molar-refractivity contribution < 1.29 is 24.2 Å². The van der Waals surface area contributed by atoms with Crippen molar-refractivity contribution in [2.24, 2.45) is 0 Å². The summed E-state index contributed by atoms with van der Waals surface area (Å²) in [7, 11) is 1.53. The van der Waals surface area contributed by atoms with Gasteiger partial charge in [0.15, 0.2) is 0 Å². The fraction of sp³-hybridized carbons (Fsp3) is 0.417. The number of aromatic nitrogens is 1. The monoisotopic (exact) mass is 454 g/mol. The van der Waals surface area contributed by atoms with E-state index >= 15 is 0 Å². The number of hydrogen-bond acceptors (Lipinski definition) is 5. The van der Waals surface area contributed by atoms with Gasteiger partial charge in [0.2, 0.25) is 0 Å². The molecule has 2 aromatic rings. The van der Waals surface area contributed by atoms with Crippen LogP contribution in [0.4, 0.5) is 4.79 Å². The number of carboxylic acid groups (broad SMARTS) is 1. The van der Waals surface area contributed by atoms with Gasteiger partial charge >= 0.3 is 6.09 Å². The van der Waals surface area contributed by atoms with Crippen LogP contribution in [0.5, 0.6) is 0 Å². The third-order valence-corrected chi connectivity index (χ3v) is 5.51. The molecule has 1 aromatic carbocycles. The van der Waals surface area contributed by atoms with Gasteiger partial charge in [-0.05, 0) is 43.4 Å². The van der Waals surface area contributed by atoms with Crippen molar-refractivity contribution in [2.45, 2.75) is 31.8 Å². The fourth-order valence-electron chi connectivity index (χ4n) is 3.71. The normalized spacial score (nSPS) is 15.7. The molecule has 3 amide bonds. The highest BCUT2D eigenvalue weighted by Gasteiger charge is 2.23. The van der Waals surface area contributed by atoms with E-state index in [0.29, 0.717) is 56.8 Å². The zero-order valence-electron chi connectivity index (χ0n) is 18.8. The molecule has 1 atom stereocenters. The van der Waals surface area contributed by atoms with Crippen molar-refractivity contribution in [1.29, 1.82) is 0 Å². The molecule has 1 aromatic heterocycles. The predicted octanol–water partition coefficient (Wildman–Crippen LogP) is 2.12. The first-order valence-electron chi connectivity index (χ1n) is 11.1. The maximum absolute atomic E-state index is 12.7. The minimum atomic E-state index is -0.940. The Kier molecular flexibility index (Phi) is 8.77. The van der Waals surface area contributed by atoms with Crippen molar-refractivity contribution in [3.8, 4) is 0 Å². The molecule has 0 bridgehead atoms. The molecule has 3 N–H and O–H groups in total. The molecule has 1 unspecified atom stereocenters. The molecule has 0 spiro atoms. The Hall–Kier alpha value is -3.46. The van der Waals surface area contributed by atoms with Crippen LogP contribution in [0.15, 0.2) is 42.5 Å². The molecule has 1 fully saturated rings. The largest absolute Gasteiger partial charge is 0.465 e. The molecule has 33 heavy (non-hydrogen) atoms. The number of rotatable bonds is 9. The second kappa shape index (κ2) is 12.0. The maximum Gasteiger partial charge on any atom is 0.407 e. The van der Waals surface area contributed by atoms with E-state index in [0.717, 1.165) is 12.0 Å². The lowest BCUT2D eigenvalue weighted by Gasteiger charge is -2.31. The first-order valence-corrected chi connectivity index (χ1v) is 11.1. The molecule has 176 valence electrons. The van der Waals surface area contributed by atoms with Crippen LogP contribution >= 0.6 is 0 Å². The van der Waals surface area contributed by atoms with Crippen LogP contribution in [-0.2, 0) is 17.6 Å². The van der Waals surface area contributed by atoms with Gasteiger partial charge in [-0.3, -0.25) is 9.59 Å². The van der Waals surface area contributed by atoms with Crippen molar-refractivity contribution in [3.63, 3.8) is 0 Å². The Labute approximate surface area is 193 Å². The minimum absolute atomic E-state index is 0.169. The smallest absolute Gasteiger partial charge is 0.407 e. The number of aryl methyl sites for hydroxylation is 2. The fourth-order valence-corrected chi connectivity index (χ4v) is 3.71. The zero-order chi connectivity index (χ0) is 23.6. The Bertz CT molecular complexity index is 967. The molecule has 3 rings (SSSR count). The third-order valence-electron chi connectivity index (χ3n) is 5.51. The Morgan fingerprint density at radius 1 is 1.15 bits per heavy atom. The SMILES string of the molecule is CNC(=O)c1cc(C(=O)NCCCC2CN(C(=O)O)CCO2)cc(CCc2ccccc2)n1. The lowest BCUT2D eigenvalue weighted by atomic mass is 10.1. The van der Waals surface area contributed by atoms with E-state index in [4.69, 9.17) is 9.84 Å². The molecule has 0 radical (unpaired) electrons. The molecule has 1 aliphatic rings. The first-order chi connectivity index (χ1) is 16.0. The minimum Gasteiger partial charge on any atom is -0.465 e. The van der Waals surface area contributed by atoms with Crippen LogP contribution in [0.2, 0.25) is 0 Å². The average Bonchev–Trinajstić information content (AvgIpc) is 2.85. The average molecular weight is 455 g/mol. The lowest BCUT2D eigenvalue weighted by molar-refractivity contribution is -0.0259. The van der Waals surface area contributed by atoms with Crippen molar-refractivity contribution in [2.75, 3.05) is 33.3 Å². The number of benzene rings is 1. The number of nitrogens with one attached hydrogen (secondary N) is 2. The van der Waals surface area contributed by atoms with Gasteiger partial charge in [0.1, 0.15) is 5.69 Å². The number of pyridine rings is 1. The van der Waals surface area contributed by atoms with E-state index < -0.39 is 6.09 Å². The number of carbonyl (C=O) groups is 3. The Morgan fingerprint density at radius 2 is 1.94 bits per heavy atom. The van der Waals surface area contributed by atoms with Crippen LogP contribution in [0.25, 0.3) is 0 Å². The lowest BCUT2D eigenvalue weighted by Crippen LogP contribution is -2.45. The topological polar surface area (TPSA) is 121 Å². The summed E-state index contributed by atoms with van der Waals surface area (Å²) in [4.78, 5) is 41.8. The van der Waals surface area contributed by atoms with E-state index in [1.807, 2.05) is 30.3 Å². The van der Waals surface area contributed by atoms with Gasteiger partial charge in [0.05, 0.1) is 19.3 Å². The van der Waals surface area contributed by atoms with Crippen molar-refractivity contribution >= 4 is 17.9 Å². The van der Waals surface area contributed by atoms with Gasteiger partial charge in [-0.2, -0.15) is 0 Å². The number of nitrogens with zero attached hydrogens (tertiary/aromatic N) is 2. The van der Waals surface area contributed by atoms with Crippen LogP contribution in [-0.4, -0.2) is 72.3 Å². The molecule has 0 saturated carbocycles. The maximum atomic E-state index is 12.7.